The maximum absolute atomic E-state index is 14.6. The van der Waals surface area contributed by atoms with Crippen molar-refractivity contribution < 1.29 is 27.3 Å². The van der Waals surface area contributed by atoms with Gasteiger partial charge in [0.2, 0.25) is 5.91 Å². The van der Waals surface area contributed by atoms with Crippen molar-refractivity contribution in [2.75, 3.05) is 31.1 Å². The fourth-order valence-electron chi connectivity index (χ4n) is 8.37. The van der Waals surface area contributed by atoms with Crippen molar-refractivity contribution in [3.63, 3.8) is 0 Å². The number of carbonyl (C=O) groups excluding carboxylic acids is 2. The maximum Gasteiger partial charge on any atom is 0.416 e. The van der Waals surface area contributed by atoms with E-state index < -0.39 is 17.6 Å². The SMILES string of the molecule is C=CC(=O)N1CC2(CCN(C(C)c3cc4c(c(C(F)(F)F)c3)CN(c3cccc(C5(c6nocc6C)CC(C)C5)c3)C4=O)C2)C1. The van der Waals surface area contributed by atoms with Crippen LogP contribution in [0.15, 0.2) is 59.8 Å². The number of aryl methyl sites for hydroxylation is 1. The molecule has 2 amide bonds. The van der Waals surface area contributed by atoms with E-state index in [1.165, 1.54) is 17.0 Å². The molecule has 0 N–H and O–H groups in total. The zero-order valence-corrected chi connectivity index (χ0v) is 25.8. The number of carbonyl (C=O) groups is 2. The summed E-state index contributed by atoms with van der Waals surface area (Å²) >= 11 is 0. The molecule has 45 heavy (non-hydrogen) atoms. The third-order valence-corrected chi connectivity index (χ3v) is 10.7. The molecule has 3 aliphatic heterocycles. The van der Waals surface area contributed by atoms with Crippen LogP contribution in [0.3, 0.4) is 0 Å². The van der Waals surface area contributed by atoms with Gasteiger partial charge in [-0.3, -0.25) is 14.5 Å². The highest BCUT2D eigenvalue weighted by Gasteiger charge is 2.51. The van der Waals surface area contributed by atoms with Crippen LogP contribution in [0.4, 0.5) is 18.9 Å². The van der Waals surface area contributed by atoms with Gasteiger partial charge in [0.05, 0.1) is 17.8 Å². The predicted molar refractivity (Wildman–Crippen MR) is 163 cm³/mol. The van der Waals surface area contributed by atoms with Crippen molar-refractivity contribution >= 4 is 17.5 Å². The minimum absolute atomic E-state index is 0.0173. The van der Waals surface area contributed by atoms with Crippen LogP contribution in [-0.2, 0) is 22.9 Å². The van der Waals surface area contributed by atoms with Crippen molar-refractivity contribution in [3.05, 3.63) is 94.4 Å². The molecule has 4 heterocycles. The van der Waals surface area contributed by atoms with Gasteiger partial charge in [-0.1, -0.05) is 30.8 Å². The number of fused-ring (bicyclic) bond motifs is 1. The Morgan fingerprint density at radius 2 is 1.93 bits per heavy atom. The van der Waals surface area contributed by atoms with Crippen LogP contribution in [0.5, 0.6) is 0 Å². The third-order valence-electron chi connectivity index (χ3n) is 10.7. The summed E-state index contributed by atoms with van der Waals surface area (Å²) in [6, 6.07) is 10.2. The molecule has 0 radical (unpaired) electrons. The van der Waals surface area contributed by atoms with Gasteiger partial charge in [0.15, 0.2) is 0 Å². The molecule has 1 aliphatic carbocycles. The summed E-state index contributed by atoms with van der Waals surface area (Å²) in [7, 11) is 0. The Labute approximate surface area is 260 Å². The average Bonchev–Trinajstić information content (AvgIpc) is 3.70. The number of rotatable bonds is 6. The Morgan fingerprint density at radius 1 is 1.18 bits per heavy atom. The van der Waals surface area contributed by atoms with Gasteiger partial charge in [-0.25, -0.2) is 0 Å². The van der Waals surface area contributed by atoms with E-state index in [1.54, 1.807) is 23.3 Å². The van der Waals surface area contributed by atoms with Gasteiger partial charge in [-0.2, -0.15) is 13.2 Å². The molecule has 3 aromatic rings. The van der Waals surface area contributed by atoms with Gasteiger partial charge in [0.1, 0.15) is 6.26 Å². The first-order valence-electron chi connectivity index (χ1n) is 15.6. The molecule has 7 nitrogen and oxygen atoms in total. The largest absolute Gasteiger partial charge is 0.416 e. The molecule has 236 valence electrons. The number of hydrogen-bond acceptors (Lipinski definition) is 5. The van der Waals surface area contributed by atoms with E-state index in [-0.39, 0.29) is 40.5 Å². The van der Waals surface area contributed by atoms with Crippen LogP contribution in [-0.4, -0.2) is 52.9 Å². The zero-order valence-electron chi connectivity index (χ0n) is 25.8. The summed E-state index contributed by atoms with van der Waals surface area (Å²) in [4.78, 5) is 31.3. The van der Waals surface area contributed by atoms with Crippen molar-refractivity contribution in [3.8, 4) is 0 Å². The lowest BCUT2D eigenvalue weighted by molar-refractivity contribution is -0.138. The lowest BCUT2D eigenvalue weighted by atomic mass is 9.57. The lowest BCUT2D eigenvalue weighted by Gasteiger charge is -2.48. The molecule has 1 atom stereocenters. The van der Waals surface area contributed by atoms with E-state index in [0.717, 1.165) is 36.1 Å². The van der Waals surface area contributed by atoms with Gasteiger partial charge in [-0.15, -0.1) is 0 Å². The normalized spacial score (nSPS) is 24.8. The number of hydrogen-bond donors (Lipinski definition) is 0. The molecule has 1 unspecified atom stereocenters. The fraction of sp³-hybridized carbons (Fsp3) is 0.457. The Balaban J connectivity index is 1.18. The van der Waals surface area contributed by atoms with E-state index in [4.69, 9.17) is 4.52 Å². The number of alkyl halides is 3. The first-order chi connectivity index (χ1) is 21.3. The first kappa shape index (κ1) is 29.8. The molecule has 7 rings (SSSR count). The van der Waals surface area contributed by atoms with E-state index in [9.17, 15) is 22.8 Å². The van der Waals surface area contributed by atoms with Gasteiger partial charge in [0, 0.05) is 53.3 Å². The highest BCUT2D eigenvalue weighted by molar-refractivity contribution is 6.10. The first-order valence-corrected chi connectivity index (χ1v) is 15.6. The van der Waals surface area contributed by atoms with Crippen LogP contribution in [0.25, 0.3) is 0 Å². The molecule has 2 saturated heterocycles. The number of halogens is 3. The highest BCUT2D eigenvalue weighted by atomic mass is 19.4. The monoisotopic (exact) mass is 618 g/mol. The van der Waals surface area contributed by atoms with Gasteiger partial charge in [-0.05, 0) is 92.6 Å². The number of likely N-dealkylation sites (tertiary alicyclic amines) is 2. The Hall–Kier alpha value is -3.92. The second-order valence-electron chi connectivity index (χ2n) is 13.8. The van der Waals surface area contributed by atoms with Gasteiger partial charge in [0.25, 0.3) is 5.91 Å². The summed E-state index contributed by atoms with van der Waals surface area (Å²) in [5.74, 6) is -0.0359. The summed E-state index contributed by atoms with van der Waals surface area (Å²) < 4.78 is 49.0. The topological polar surface area (TPSA) is 69.9 Å². The number of anilines is 1. The Morgan fingerprint density at radius 3 is 2.58 bits per heavy atom. The number of amides is 2. The smallest absolute Gasteiger partial charge is 0.364 e. The van der Waals surface area contributed by atoms with E-state index in [0.29, 0.717) is 43.3 Å². The number of nitrogens with zero attached hydrogens (tertiary/aromatic N) is 4. The average molecular weight is 619 g/mol. The summed E-state index contributed by atoms with van der Waals surface area (Å²) in [6.07, 6.45) is 0.947. The molecule has 1 aromatic heterocycles. The van der Waals surface area contributed by atoms with E-state index in [1.807, 2.05) is 32.0 Å². The molecule has 0 bridgehead atoms. The van der Waals surface area contributed by atoms with Gasteiger partial charge < -0.3 is 14.3 Å². The maximum atomic E-state index is 14.6. The molecule has 1 saturated carbocycles. The summed E-state index contributed by atoms with van der Waals surface area (Å²) in [5.41, 5.74) is 2.83. The van der Waals surface area contributed by atoms with Crippen molar-refractivity contribution in [2.45, 2.75) is 64.2 Å². The molecule has 4 aliphatic rings. The quantitative estimate of drug-likeness (QED) is 0.289. The number of benzene rings is 2. The second-order valence-corrected chi connectivity index (χ2v) is 13.8. The predicted octanol–water partition coefficient (Wildman–Crippen LogP) is 6.66. The van der Waals surface area contributed by atoms with Crippen LogP contribution in [0.2, 0.25) is 0 Å². The second kappa shape index (κ2) is 10.3. The Bertz CT molecular complexity index is 1700. The van der Waals surface area contributed by atoms with Crippen molar-refractivity contribution in [1.29, 1.82) is 0 Å². The molecular formula is C35H37F3N4O3. The minimum atomic E-state index is -4.61. The molecule has 1 spiro atoms. The van der Waals surface area contributed by atoms with Crippen LogP contribution < -0.4 is 4.90 Å². The van der Waals surface area contributed by atoms with Crippen LogP contribution >= 0.6 is 0 Å². The zero-order chi connectivity index (χ0) is 31.9. The fourth-order valence-corrected chi connectivity index (χ4v) is 8.37. The molecule has 2 aromatic carbocycles. The third kappa shape index (κ3) is 4.71. The van der Waals surface area contributed by atoms with Crippen LogP contribution in [0.1, 0.15) is 83.0 Å². The lowest BCUT2D eigenvalue weighted by Crippen LogP contribution is -2.59. The highest BCUT2D eigenvalue weighted by Crippen LogP contribution is 2.53. The van der Waals surface area contributed by atoms with E-state index in [2.05, 4.69) is 23.6 Å². The van der Waals surface area contributed by atoms with Crippen molar-refractivity contribution in [1.82, 2.24) is 15.0 Å². The molecular weight excluding hydrogens is 581 g/mol. The summed E-state index contributed by atoms with van der Waals surface area (Å²) in [6.45, 7) is 12.1. The Kier molecular flexibility index (Phi) is 6.82. The van der Waals surface area contributed by atoms with Crippen molar-refractivity contribution in [2.24, 2.45) is 11.3 Å². The molecule has 3 fully saturated rings. The number of aromatic nitrogens is 1. The van der Waals surface area contributed by atoms with Crippen LogP contribution in [0, 0.1) is 18.3 Å². The summed E-state index contributed by atoms with van der Waals surface area (Å²) in [5, 5.41) is 4.32. The van der Waals surface area contributed by atoms with E-state index >= 15 is 0 Å². The minimum Gasteiger partial charge on any atom is -0.364 e. The van der Waals surface area contributed by atoms with Gasteiger partial charge >= 0.3 is 6.18 Å². The standard InChI is InChI=1S/C35H37F3N4O3/c1-5-30(43)41-19-33(20-41)9-10-40(18-33)23(4)24-11-27-28(29(12-24)35(36,37)38)16-42(32(27)44)26-8-6-7-25(13-26)34(14-21(2)15-34)31-22(3)17-45-39-31/h5-8,11-13,17,21,23H,1,9-10,14-16,18-20H2,2-4H3. The molecule has 10 heteroatoms.